The third-order valence-electron chi connectivity index (χ3n) is 3.16. The second-order valence-electron chi connectivity index (χ2n) is 4.64. The first-order valence-corrected chi connectivity index (χ1v) is 7.63. The van der Waals surface area contributed by atoms with Crippen LogP contribution in [0.1, 0.15) is 16.6 Å². The Morgan fingerprint density at radius 1 is 1.32 bits per heavy atom. The smallest absolute Gasteiger partial charge is 0.245 e. The summed E-state index contributed by atoms with van der Waals surface area (Å²) < 4.78 is 1.48. The van der Waals surface area contributed by atoms with Crippen molar-refractivity contribution in [1.82, 2.24) is 30.5 Å². The van der Waals surface area contributed by atoms with Crippen LogP contribution in [0.4, 0.5) is 0 Å². The summed E-state index contributed by atoms with van der Waals surface area (Å²) in [6.07, 6.45) is 3.70. The van der Waals surface area contributed by atoms with E-state index in [0.29, 0.717) is 13.0 Å². The van der Waals surface area contributed by atoms with Gasteiger partial charge in [0.1, 0.15) is 17.4 Å². The molecule has 22 heavy (non-hydrogen) atoms. The second-order valence-corrected chi connectivity index (χ2v) is 5.62. The first-order valence-electron chi connectivity index (χ1n) is 6.75. The van der Waals surface area contributed by atoms with Gasteiger partial charge in [-0.15, -0.1) is 16.4 Å². The number of hydrogen-bond donors (Lipinski definition) is 1. The number of hydrogen-bond acceptors (Lipinski definition) is 6. The monoisotopic (exact) mass is 314 g/mol. The number of rotatable bonds is 6. The van der Waals surface area contributed by atoms with Crippen molar-refractivity contribution in [2.75, 3.05) is 0 Å². The van der Waals surface area contributed by atoms with Gasteiger partial charge in [-0.3, -0.25) is 4.79 Å². The van der Waals surface area contributed by atoms with Gasteiger partial charge in [-0.25, -0.2) is 9.67 Å². The molecule has 0 bridgehead atoms. The van der Waals surface area contributed by atoms with Crippen molar-refractivity contribution in [2.45, 2.75) is 19.0 Å². The Bertz CT molecular complexity index is 698. The molecule has 1 amide bonds. The molecule has 0 fully saturated rings. The van der Waals surface area contributed by atoms with Gasteiger partial charge in [-0.05, 0) is 16.0 Å². The Balaban J connectivity index is 1.72. The third kappa shape index (κ3) is 3.53. The molecular weight excluding hydrogens is 300 g/mol. The average Bonchev–Trinajstić information content (AvgIpc) is 3.24. The van der Waals surface area contributed by atoms with Gasteiger partial charge in [0, 0.05) is 18.0 Å². The number of tetrazole rings is 1. The number of carbonyl (C=O) groups is 1. The highest BCUT2D eigenvalue weighted by molar-refractivity contribution is 7.09. The summed E-state index contributed by atoms with van der Waals surface area (Å²) in [5.74, 6) is -0.133. The molecule has 2 heterocycles. The van der Waals surface area contributed by atoms with E-state index in [0.717, 1.165) is 10.6 Å². The molecule has 1 aromatic carbocycles. The van der Waals surface area contributed by atoms with Gasteiger partial charge >= 0.3 is 0 Å². The lowest BCUT2D eigenvalue weighted by Gasteiger charge is -2.16. The highest BCUT2D eigenvalue weighted by Crippen LogP contribution is 2.13. The van der Waals surface area contributed by atoms with Crippen molar-refractivity contribution in [2.24, 2.45) is 0 Å². The summed E-state index contributed by atoms with van der Waals surface area (Å²) in [5.41, 5.74) is 1.05. The summed E-state index contributed by atoms with van der Waals surface area (Å²) in [4.78, 5) is 16.6. The number of carbonyl (C=O) groups excluding carboxylic acids is 1. The van der Waals surface area contributed by atoms with Crippen LogP contribution in [0, 0.1) is 0 Å². The maximum absolute atomic E-state index is 12.5. The third-order valence-corrected chi connectivity index (χ3v) is 3.94. The SMILES string of the molecule is O=C(NCc1nccs1)C(Cc1ccccc1)n1cnnn1. The van der Waals surface area contributed by atoms with E-state index < -0.39 is 6.04 Å². The molecule has 3 rings (SSSR count). The maximum Gasteiger partial charge on any atom is 0.245 e. The van der Waals surface area contributed by atoms with E-state index in [1.807, 2.05) is 35.7 Å². The second kappa shape index (κ2) is 6.90. The normalized spacial score (nSPS) is 12.0. The topological polar surface area (TPSA) is 85.6 Å². The highest BCUT2D eigenvalue weighted by atomic mass is 32.1. The summed E-state index contributed by atoms with van der Waals surface area (Å²) in [6, 6.07) is 9.30. The number of nitrogens with one attached hydrogen (secondary N) is 1. The fraction of sp³-hybridized carbons (Fsp3) is 0.214. The molecule has 0 aliphatic rings. The van der Waals surface area contributed by atoms with Crippen molar-refractivity contribution in [3.8, 4) is 0 Å². The van der Waals surface area contributed by atoms with E-state index in [-0.39, 0.29) is 5.91 Å². The zero-order chi connectivity index (χ0) is 15.2. The molecule has 0 aliphatic heterocycles. The van der Waals surface area contributed by atoms with Crippen molar-refractivity contribution in [1.29, 1.82) is 0 Å². The van der Waals surface area contributed by atoms with Crippen LogP contribution in [0.3, 0.4) is 0 Å². The molecule has 3 aromatic rings. The minimum absolute atomic E-state index is 0.133. The van der Waals surface area contributed by atoms with Gasteiger partial charge in [0.25, 0.3) is 0 Å². The summed E-state index contributed by atoms with van der Waals surface area (Å²) >= 11 is 1.51. The van der Waals surface area contributed by atoms with E-state index in [4.69, 9.17) is 0 Å². The standard InChI is InChI=1S/C14H14N6OS/c21-14(16-9-13-15-6-7-22-13)12(20-10-17-18-19-20)8-11-4-2-1-3-5-11/h1-7,10,12H,8-9H2,(H,16,21). The van der Waals surface area contributed by atoms with E-state index in [9.17, 15) is 4.79 Å². The fourth-order valence-corrected chi connectivity index (χ4v) is 2.63. The molecule has 2 aromatic heterocycles. The molecule has 1 unspecified atom stereocenters. The van der Waals surface area contributed by atoms with Crippen molar-refractivity contribution in [3.63, 3.8) is 0 Å². The largest absolute Gasteiger partial charge is 0.348 e. The van der Waals surface area contributed by atoms with E-state index >= 15 is 0 Å². The minimum atomic E-state index is -0.489. The summed E-state index contributed by atoms with van der Waals surface area (Å²) in [6.45, 7) is 0.407. The first kappa shape index (κ1) is 14.3. The lowest BCUT2D eigenvalue weighted by atomic mass is 10.1. The molecule has 7 nitrogen and oxygen atoms in total. The van der Waals surface area contributed by atoms with E-state index in [1.54, 1.807) is 6.20 Å². The predicted octanol–water partition coefficient (Wildman–Crippen LogP) is 1.23. The lowest BCUT2D eigenvalue weighted by Crippen LogP contribution is -2.33. The zero-order valence-corrected chi connectivity index (χ0v) is 12.5. The Morgan fingerprint density at radius 3 is 2.86 bits per heavy atom. The van der Waals surface area contributed by atoms with Crippen LogP contribution in [-0.2, 0) is 17.8 Å². The summed E-state index contributed by atoms with van der Waals surface area (Å²) in [7, 11) is 0. The van der Waals surface area contributed by atoms with Crippen LogP contribution in [0.25, 0.3) is 0 Å². The lowest BCUT2D eigenvalue weighted by molar-refractivity contribution is -0.124. The summed E-state index contributed by atoms with van der Waals surface area (Å²) in [5, 5.41) is 16.7. The van der Waals surface area contributed by atoms with Crippen molar-refractivity contribution >= 4 is 17.2 Å². The fourth-order valence-electron chi connectivity index (χ4n) is 2.08. The van der Waals surface area contributed by atoms with Crippen LogP contribution >= 0.6 is 11.3 Å². The highest BCUT2D eigenvalue weighted by Gasteiger charge is 2.22. The number of nitrogens with zero attached hydrogens (tertiary/aromatic N) is 5. The van der Waals surface area contributed by atoms with Crippen LogP contribution in [0.5, 0.6) is 0 Å². The molecule has 0 saturated heterocycles. The van der Waals surface area contributed by atoms with Gasteiger partial charge in [-0.1, -0.05) is 30.3 Å². The van der Waals surface area contributed by atoms with Crippen LogP contribution < -0.4 is 5.32 Å². The number of aromatic nitrogens is 5. The molecular formula is C14H14N6OS. The molecule has 112 valence electrons. The predicted molar refractivity (Wildman–Crippen MR) is 81.0 cm³/mol. The minimum Gasteiger partial charge on any atom is -0.348 e. The molecule has 1 N–H and O–H groups in total. The number of amides is 1. The molecule has 0 radical (unpaired) electrons. The Labute approximate surface area is 131 Å². The van der Waals surface area contributed by atoms with Gasteiger partial charge in [0.2, 0.25) is 5.91 Å². The number of thiazole rings is 1. The van der Waals surface area contributed by atoms with Crippen LogP contribution in [0.15, 0.2) is 48.2 Å². The van der Waals surface area contributed by atoms with Crippen LogP contribution in [-0.4, -0.2) is 31.1 Å². The first-order chi connectivity index (χ1) is 10.8. The Hall–Kier alpha value is -2.61. The van der Waals surface area contributed by atoms with Gasteiger partial charge in [0.05, 0.1) is 6.54 Å². The molecule has 0 aliphatic carbocycles. The van der Waals surface area contributed by atoms with Gasteiger partial charge in [-0.2, -0.15) is 0 Å². The van der Waals surface area contributed by atoms with Crippen molar-refractivity contribution < 1.29 is 4.79 Å². The van der Waals surface area contributed by atoms with E-state index in [2.05, 4.69) is 25.8 Å². The Kier molecular flexibility index (Phi) is 4.50. The van der Waals surface area contributed by atoms with Crippen LogP contribution in [0.2, 0.25) is 0 Å². The van der Waals surface area contributed by atoms with Gasteiger partial charge < -0.3 is 5.32 Å². The number of benzene rings is 1. The average molecular weight is 314 g/mol. The maximum atomic E-state index is 12.5. The zero-order valence-electron chi connectivity index (χ0n) is 11.7. The van der Waals surface area contributed by atoms with Crippen molar-refractivity contribution in [3.05, 3.63) is 58.8 Å². The Morgan fingerprint density at radius 2 is 2.18 bits per heavy atom. The van der Waals surface area contributed by atoms with Gasteiger partial charge in [0.15, 0.2) is 0 Å². The molecule has 0 spiro atoms. The van der Waals surface area contributed by atoms with E-state index in [1.165, 1.54) is 22.3 Å². The molecule has 1 atom stereocenters. The quantitative estimate of drug-likeness (QED) is 0.739. The molecule has 8 heteroatoms. The molecule has 0 saturated carbocycles.